The van der Waals surface area contributed by atoms with Gasteiger partial charge in [-0.1, -0.05) is 25.1 Å². The summed E-state index contributed by atoms with van der Waals surface area (Å²) in [6.45, 7) is 8.24. The second-order valence-corrected chi connectivity index (χ2v) is 7.56. The molecule has 0 atom stereocenters. The van der Waals surface area contributed by atoms with Crippen molar-refractivity contribution < 1.29 is 4.79 Å². The van der Waals surface area contributed by atoms with Crippen LogP contribution in [0.25, 0.3) is 0 Å². The summed E-state index contributed by atoms with van der Waals surface area (Å²) in [5.41, 5.74) is 1.32. The van der Waals surface area contributed by atoms with Crippen LogP contribution in [0.4, 0.5) is 5.69 Å². The first kappa shape index (κ1) is 18.0. The Labute approximate surface area is 154 Å². The quantitative estimate of drug-likeness (QED) is 0.773. The summed E-state index contributed by atoms with van der Waals surface area (Å²) < 4.78 is 0. The highest BCUT2D eigenvalue weighted by atomic mass is 32.1. The third-order valence-electron chi connectivity index (χ3n) is 4.66. The first-order valence-corrected chi connectivity index (χ1v) is 9.97. The van der Waals surface area contributed by atoms with Crippen LogP contribution in [0, 0.1) is 0 Å². The van der Waals surface area contributed by atoms with Crippen LogP contribution in [0.1, 0.15) is 27.9 Å². The molecule has 0 radical (unpaired) electrons. The van der Waals surface area contributed by atoms with Crippen LogP contribution >= 0.6 is 11.3 Å². The SMILES string of the molecule is CCc1ccc(C(=O)NCCCN2CCN(c3ccccc3)CC2)s1. The molecule has 1 aromatic carbocycles. The van der Waals surface area contributed by atoms with E-state index in [1.165, 1.54) is 10.6 Å². The van der Waals surface area contributed by atoms with Crippen molar-refractivity contribution >= 4 is 22.9 Å². The lowest BCUT2D eigenvalue weighted by atomic mass is 10.2. The van der Waals surface area contributed by atoms with Crippen molar-refractivity contribution in [3.63, 3.8) is 0 Å². The Balaban J connectivity index is 1.33. The number of carbonyl (C=O) groups is 1. The van der Waals surface area contributed by atoms with Gasteiger partial charge in [-0.15, -0.1) is 11.3 Å². The molecule has 0 saturated carbocycles. The molecule has 0 unspecified atom stereocenters. The molecule has 1 aromatic heterocycles. The average molecular weight is 358 g/mol. The molecule has 4 nitrogen and oxygen atoms in total. The molecule has 1 aliphatic rings. The second-order valence-electron chi connectivity index (χ2n) is 6.39. The van der Waals surface area contributed by atoms with Gasteiger partial charge in [-0.3, -0.25) is 9.69 Å². The molecule has 1 N–H and O–H groups in total. The minimum absolute atomic E-state index is 0.0681. The number of nitrogens with zero attached hydrogens (tertiary/aromatic N) is 2. The van der Waals surface area contributed by atoms with Crippen LogP contribution in [0.3, 0.4) is 0 Å². The van der Waals surface area contributed by atoms with Gasteiger partial charge in [0.05, 0.1) is 4.88 Å². The Kier molecular flexibility index (Phi) is 6.48. The molecule has 3 rings (SSSR count). The first-order chi connectivity index (χ1) is 12.3. The minimum Gasteiger partial charge on any atom is -0.369 e. The molecule has 2 heterocycles. The number of carbonyl (C=O) groups excluding carboxylic acids is 1. The van der Waals surface area contributed by atoms with Crippen molar-refractivity contribution in [2.75, 3.05) is 44.2 Å². The van der Waals surface area contributed by atoms with E-state index in [2.05, 4.69) is 52.4 Å². The number of thiophene rings is 1. The number of piperazine rings is 1. The number of amides is 1. The molecule has 134 valence electrons. The van der Waals surface area contributed by atoms with Gasteiger partial charge in [-0.2, -0.15) is 0 Å². The molecular formula is C20H27N3OS. The van der Waals surface area contributed by atoms with Gasteiger partial charge in [0.2, 0.25) is 0 Å². The van der Waals surface area contributed by atoms with E-state index in [1.807, 2.05) is 12.1 Å². The van der Waals surface area contributed by atoms with Crippen molar-refractivity contribution in [2.24, 2.45) is 0 Å². The summed E-state index contributed by atoms with van der Waals surface area (Å²) in [7, 11) is 0. The topological polar surface area (TPSA) is 35.6 Å². The molecule has 25 heavy (non-hydrogen) atoms. The largest absolute Gasteiger partial charge is 0.369 e. The molecule has 2 aromatic rings. The monoisotopic (exact) mass is 357 g/mol. The van der Waals surface area contributed by atoms with Gasteiger partial charge >= 0.3 is 0 Å². The zero-order valence-corrected chi connectivity index (χ0v) is 15.7. The Bertz CT molecular complexity index is 663. The van der Waals surface area contributed by atoms with Crippen LogP contribution < -0.4 is 10.2 Å². The number of para-hydroxylation sites is 1. The lowest BCUT2D eigenvalue weighted by Crippen LogP contribution is -2.47. The molecule has 0 bridgehead atoms. The minimum atomic E-state index is 0.0681. The van der Waals surface area contributed by atoms with Crippen LogP contribution in [0.15, 0.2) is 42.5 Å². The summed E-state index contributed by atoms with van der Waals surface area (Å²) in [4.78, 5) is 19.1. The van der Waals surface area contributed by atoms with Crippen molar-refractivity contribution in [1.29, 1.82) is 0 Å². The van der Waals surface area contributed by atoms with E-state index < -0.39 is 0 Å². The van der Waals surface area contributed by atoms with Crippen molar-refractivity contribution in [2.45, 2.75) is 19.8 Å². The maximum absolute atomic E-state index is 12.1. The van der Waals surface area contributed by atoms with Gasteiger partial charge in [-0.05, 0) is 43.7 Å². The number of hydrogen-bond donors (Lipinski definition) is 1. The van der Waals surface area contributed by atoms with Gasteiger partial charge < -0.3 is 10.2 Å². The lowest BCUT2D eigenvalue weighted by molar-refractivity contribution is 0.0955. The van der Waals surface area contributed by atoms with Gasteiger partial charge in [0, 0.05) is 43.3 Å². The Morgan fingerprint density at radius 2 is 1.84 bits per heavy atom. The van der Waals surface area contributed by atoms with Crippen LogP contribution in [0.2, 0.25) is 0 Å². The normalized spacial score (nSPS) is 15.3. The van der Waals surface area contributed by atoms with Crippen molar-refractivity contribution in [3.05, 3.63) is 52.2 Å². The molecule has 0 spiro atoms. The number of hydrogen-bond acceptors (Lipinski definition) is 4. The van der Waals surface area contributed by atoms with Gasteiger partial charge in [0.1, 0.15) is 0 Å². The van der Waals surface area contributed by atoms with E-state index in [1.54, 1.807) is 11.3 Å². The van der Waals surface area contributed by atoms with Gasteiger partial charge in [-0.25, -0.2) is 0 Å². The van der Waals surface area contributed by atoms with Crippen LogP contribution in [-0.4, -0.2) is 50.1 Å². The highest BCUT2D eigenvalue weighted by Crippen LogP contribution is 2.17. The number of benzene rings is 1. The molecule has 1 saturated heterocycles. The maximum atomic E-state index is 12.1. The van der Waals surface area contributed by atoms with Gasteiger partial charge in [0.15, 0.2) is 0 Å². The molecule has 1 aliphatic heterocycles. The molecule has 5 heteroatoms. The van der Waals surface area contributed by atoms with E-state index in [-0.39, 0.29) is 5.91 Å². The summed E-state index contributed by atoms with van der Waals surface area (Å²) in [5, 5.41) is 3.04. The predicted octanol–water partition coefficient (Wildman–Crippen LogP) is 3.25. The van der Waals surface area contributed by atoms with E-state index >= 15 is 0 Å². The molecule has 0 aliphatic carbocycles. The second kappa shape index (κ2) is 9.02. The average Bonchev–Trinajstić information content (AvgIpc) is 3.16. The van der Waals surface area contributed by atoms with E-state index in [9.17, 15) is 4.79 Å². The number of rotatable bonds is 7. The summed E-state index contributed by atoms with van der Waals surface area (Å²) >= 11 is 1.60. The number of aryl methyl sites for hydroxylation is 1. The molecule has 1 fully saturated rings. The number of anilines is 1. The zero-order chi connectivity index (χ0) is 17.5. The van der Waals surface area contributed by atoms with E-state index in [0.717, 1.165) is 57.0 Å². The van der Waals surface area contributed by atoms with Crippen molar-refractivity contribution in [3.8, 4) is 0 Å². The Morgan fingerprint density at radius 1 is 1.08 bits per heavy atom. The molecule has 1 amide bonds. The van der Waals surface area contributed by atoms with E-state index in [4.69, 9.17) is 0 Å². The third-order valence-corrected chi connectivity index (χ3v) is 5.89. The summed E-state index contributed by atoms with van der Waals surface area (Å²) in [6, 6.07) is 14.6. The maximum Gasteiger partial charge on any atom is 0.261 e. The standard InChI is InChI=1S/C20H27N3OS/c1-2-18-9-10-19(25-18)20(24)21-11-6-12-22-13-15-23(16-14-22)17-7-4-3-5-8-17/h3-5,7-10H,2,6,11-16H2,1H3,(H,21,24). The first-order valence-electron chi connectivity index (χ1n) is 9.15. The summed E-state index contributed by atoms with van der Waals surface area (Å²) in [6.07, 6.45) is 2.00. The smallest absolute Gasteiger partial charge is 0.261 e. The lowest BCUT2D eigenvalue weighted by Gasteiger charge is -2.36. The highest BCUT2D eigenvalue weighted by molar-refractivity contribution is 7.14. The van der Waals surface area contributed by atoms with Crippen LogP contribution in [0.5, 0.6) is 0 Å². The predicted molar refractivity (Wildman–Crippen MR) is 106 cm³/mol. The Morgan fingerprint density at radius 3 is 2.52 bits per heavy atom. The van der Waals surface area contributed by atoms with Crippen LogP contribution in [-0.2, 0) is 6.42 Å². The fraction of sp³-hybridized carbons (Fsp3) is 0.450. The van der Waals surface area contributed by atoms with Gasteiger partial charge in [0.25, 0.3) is 5.91 Å². The van der Waals surface area contributed by atoms with E-state index in [0.29, 0.717) is 0 Å². The fourth-order valence-electron chi connectivity index (χ4n) is 3.15. The fourth-order valence-corrected chi connectivity index (χ4v) is 4.01. The van der Waals surface area contributed by atoms with Crippen molar-refractivity contribution in [1.82, 2.24) is 10.2 Å². The molecular weight excluding hydrogens is 330 g/mol. The Hall–Kier alpha value is -1.85. The number of nitrogens with one attached hydrogen (secondary N) is 1. The summed E-state index contributed by atoms with van der Waals surface area (Å²) in [5.74, 6) is 0.0681. The zero-order valence-electron chi connectivity index (χ0n) is 14.9. The highest BCUT2D eigenvalue weighted by Gasteiger charge is 2.16. The third kappa shape index (κ3) is 5.06.